The molecule has 1 N–H and O–H groups in total. The number of hydrogen-bond donors (Lipinski definition) is 1. The quantitative estimate of drug-likeness (QED) is 0.875. The van der Waals surface area contributed by atoms with Gasteiger partial charge in [0.15, 0.2) is 0 Å². The van der Waals surface area contributed by atoms with Crippen LogP contribution >= 0.6 is 0 Å². The van der Waals surface area contributed by atoms with E-state index in [4.69, 9.17) is 0 Å². The van der Waals surface area contributed by atoms with Crippen LogP contribution in [0.2, 0.25) is 0 Å². The van der Waals surface area contributed by atoms with Gasteiger partial charge in [0, 0.05) is 18.3 Å². The zero-order chi connectivity index (χ0) is 14.7. The maximum Gasteiger partial charge on any atom is 0.0342 e. The van der Waals surface area contributed by atoms with Crippen molar-refractivity contribution < 1.29 is 0 Å². The highest BCUT2D eigenvalue weighted by atomic mass is 15.0. The van der Waals surface area contributed by atoms with E-state index >= 15 is 0 Å². The van der Waals surface area contributed by atoms with Crippen LogP contribution in [-0.2, 0) is 6.54 Å². The molecule has 2 nitrogen and oxygen atoms in total. The van der Waals surface area contributed by atoms with E-state index in [1.807, 2.05) is 0 Å². The smallest absolute Gasteiger partial charge is 0.0342 e. The van der Waals surface area contributed by atoms with Crippen LogP contribution in [0.4, 0.5) is 5.69 Å². The van der Waals surface area contributed by atoms with E-state index in [1.165, 1.54) is 56.2 Å². The number of rotatable bonds is 4. The van der Waals surface area contributed by atoms with Crippen LogP contribution in [0, 0.1) is 11.8 Å². The van der Waals surface area contributed by atoms with Gasteiger partial charge in [0.1, 0.15) is 0 Å². The highest BCUT2D eigenvalue weighted by Crippen LogP contribution is 2.41. The molecule has 116 valence electrons. The lowest BCUT2D eigenvalue weighted by Gasteiger charge is -2.39. The van der Waals surface area contributed by atoms with Gasteiger partial charge in [-0.15, -0.1) is 0 Å². The first-order chi connectivity index (χ1) is 10.2. The molecular formula is C19H30N2. The summed E-state index contributed by atoms with van der Waals surface area (Å²) < 4.78 is 0. The van der Waals surface area contributed by atoms with Crippen LogP contribution < -0.4 is 5.32 Å². The maximum absolute atomic E-state index is 3.78. The molecule has 2 fully saturated rings. The SMILES string of the molecule is CN(C)Cc1ccc(NC2CCC3CCCCC3C2)cc1. The Bertz CT molecular complexity index is 437. The normalized spacial score (nSPS) is 29.2. The van der Waals surface area contributed by atoms with Gasteiger partial charge < -0.3 is 10.2 Å². The summed E-state index contributed by atoms with van der Waals surface area (Å²) in [6.07, 6.45) is 10.1. The lowest BCUT2D eigenvalue weighted by atomic mass is 9.69. The van der Waals surface area contributed by atoms with E-state index in [9.17, 15) is 0 Å². The highest BCUT2D eigenvalue weighted by Gasteiger charge is 2.31. The lowest BCUT2D eigenvalue weighted by molar-refractivity contribution is 0.162. The van der Waals surface area contributed by atoms with E-state index in [0.29, 0.717) is 6.04 Å². The molecule has 0 saturated heterocycles. The fourth-order valence-electron chi connectivity index (χ4n) is 4.31. The first-order valence-electron chi connectivity index (χ1n) is 8.71. The van der Waals surface area contributed by atoms with Crippen molar-refractivity contribution in [3.63, 3.8) is 0 Å². The molecule has 3 rings (SSSR count). The predicted octanol–water partition coefficient (Wildman–Crippen LogP) is 4.52. The van der Waals surface area contributed by atoms with Gasteiger partial charge >= 0.3 is 0 Å². The summed E-state index contributed by atoms with van der Waals surface area (Å²) in [5, 5.41) is 3.78. The Morgan fingerprint density at radius 2 is 1.67 bits per heavy atom. The van der Waals surface area contributed by atoms with Crippen LogP contribution in [0.1, 0.15) is 50.5 Å². The molecule has 2 aliphatic carbocycles. The van der Waals surface area contributed by atoms with Crippen molar-refractivity contribution in [2.75, 3.05) is 19.4 Å². The first-order valence-corrected chi connectivity index (χ1v) is 8.71. The average Bonchev–Trinajstić information content (AvgIpc) is 2.49. The Balaban J connectivity index is 1.54. The summed E-state index contributed by atoms with van der Waals surface area (Å²) in [4.78, 5) is 2.22. The Hall–Kier alpha value is -1.02. The third-order valence-corrected chi connectivity index (χ3v) is 5.36. The van der Waals surface area contributed by atoms with E-state index < -0.39 is 0 Å². The molecular weight excluding hydrogens is 256 g/mol. The van der Waals surface area contributed by atoms with Crippen molar-refractivity contribution in [1.82, 2.24) is 4.90 Å². The Morgan fingerprint density at radius 1 is 0.952 bits per heavy atom. The van der Waals surface area contributed by atoms with Gasteiger partial charge in [0.05, 0.1) is 0 Å². The maximum atomic E-state index is 3.78. The summed E-state index contributed by atoms with van der Waals surface area (Å²) in [7, 11) is 4.24. The van der Waals surface area contributed by atoms with E-state index in [1.54, 1.807) is 0 Å². The standard InChI is InChI=1S/C19H30N2/c1-21(2)14-15-7-10-18(11-8-15)20-19-12-9-16-5-3-4-6-17(16)13-19/h7-8,10-11,16-17,19-20H,3-6,9,12-14H2,1-2H3. The number of anilines is 1. The van der Waals surface area contributed by atoms with Gasteiger partial charge in [-0.25, -0.2) is 0 Å². The number of hydrogen-bond acceptors (Lipinski definition) is 2. The van der Waals surface area contributed by atoms with Crippen LogP contribution in [0.3, 0.4) is 0 Å². The number of nitrogens with zero attached hydrogens (tertiary/aromatic N) is 1. The van der Waals surface area contributed by atoms with Crippen LogP contribution in [0.15, 0.2) is 24.3 Å². The molecule has 0 bridgehead atoms. The van der Waals surface area contributed by atoms with E-state index in [2.05, 4.69) is 48.6 Å². The second-order valence-electron chi connectivity index (χ2n) is 7.39. The third-order valence-electron chi connectivity index (χ3n) is 5.36. The molecule has 1 aromatic carbocycles. The third kappa shape index (κ3) is 4.00. The highest BCUT2D eigenvalue weighted by molar-refractivity contribution is 5.45. The lowest BCUT2D eigenvalue weighted by Crippen LogP contribution is -2.34. The molecule has 0 amide bonds. The van der Waals surface area contributed by atoms with Crippen LogP contribution in [-0.4, -0.2) is 25.0 Å². The second kappa shape index (κ2) is 6.83. The minimum Gasteiger partial charge on any atom is -0.382 e. The van der Waals surface area contributed by atoms with Crippen LogP contribution in [0.5, 0.6) is 0 Å². The molecule has 1 aromatic rings. The molecule has 21 heavy (non-hydrogen) atoms. The van der Waals surface area contributed by atoms with E-state index in [0.717, 1.165) is 18.4 Å². The van der Waals surface area contributed by atoms with Crippen molar-refractivity contribution in [2.45, 2.75) is 57.5 Å². The van der Waals surface area contributed by atoms with Crippen molar-refractivity contribution in [2.24, 2.45) is 11.8 Å². The Kier molecular flexibility index (Phi) is 4.84. The van der Waals surface area contributed by atoms with Gasteiger partial charge in [0.2, 0.25) is 0 Å². The molecule has 2 saturated carbocycles. The molecule has 0 aromatic heterocycles. The molecule has 3 atom stereocenters. The predicted molar refractivity (Wildman–Crippen MR) is 90.5 cm³/mol. The Labute approximate surface area is 129 Å². The van der Waals surface area contributed by atoms with Gasteiger partial charge in [-0.05, 0) is 62.9 Å². The molecule has 0 aliphatic heterocycles. The number of benzene rings is 1. The average molecular weight is 286 g/mol. The van der Waals surface area contributed by atoms with Gasteiger partial charge in [-0.3, -0.25) is 0 Å². The van der Waals surface area contributed by atoms with Crippen molar-refractivity contribution in [3.05, 3.63) is 29.8 Å². The van der Waals surface area contributed by atoms with Crippen LogP contribution in [0.25, 0.3) is 0 Å². The summed E-state index contributed by atoms with van der Waals surface area (Å²) >= 11 is 0. The van der Waals surface area contributed by atoms with Gasteiger partial charge in [-0.2, -0.15) is 0 Å². The van der Waals surface area contributed by atoms with Crippen molar-refractivity contribution in [3.8, 4) is 0 Å². The van der Waals surface area contributed by atoms with Gasteiger partial charge in [0.25, 0.3) is 0 Å². The minimum absolute atomic E-state index is 0.698. The molecule has 0 heterocycles. The molecule has 3 unspecified atom stereocenters. The fraction of sp³-hybridized carbons (Fsp3) is 0.684. The summed E-state index contributed by atoms with van der Waals surface area (Å²) in [5.41, 5.74) is 2.69. The van der Waals surface area contributed by atoms with Gasteiger partial charge in [-0.1, -0.05) is 37.8 Å². The molecule has 0 radical (unpaired) electrons. The summed E-state index contributed by atoms with van der Waals surface area (Å²) in [6.45, 7) is 1.02. The largest absolute Gasteiger partial charge is 0.382 e. The Morgan fingerprint density at radius 3 is 2.38 bits per heavy atom. The van der Waals surface area contributed by atoms with E-state index in [-0.39, 0.29) is 0 Å². The first kappa shape index (κ1) is 14.9. The number of nitrogens with one attached hydrogen (secondary N) is 1. The second-order valence-corrected chi connectivity index (χ2v) is 7.39. The minimum atomic E-state index is 0.698. The van der Waals surface area contributed by atoms with Crippen molar-refractivity contribution in [1.29, 1.82) is 0 Å². The summed E-state index contributed by atoms with van der Waals surface area (Å²) in [5.74, 6) is 2.04. The molecule has 2 heteroatoms. The fourth-order valence-corrected chi connectivity index (χ4v) is 4.31. The molecule has 2 aliphatic rings. The topological polar surface area (TPSA) is 15.3 Å². The zero-order valence-electron chi connectivity index (χ0n) is 13.6. The van der Waals surface area contributed by atoms with Crippen molar-refractivity contribution >= 4 is 5.69 Å². The number of fused-ring (bicyclic) bond motifs is 1. The summed E-state index contributed by atoms with van der Waals surface area (Å²) in [6, 6.07) is 9.73. The zero-order valence-corrected chi connectivity index (χ0v) is 13.6. The monoisotopic (exact) mass is 286 g/mol. The molecule has 0 spiro atoms.